The Balaban J connectivity index is 1.97. The predicted molar refractivity (Wildman–Crippen MR) is 67.7 cm³/mol. The molecule has 102 valence electrons. The van der Waals surface area contributed by atoms with E-state index < -0.39 is 0 Å². The Kier molecular flexibility index (Phi) is 4.06. The molecule has 2 rings (SSSR count). The second-order valence-corrected chi connectivity index (χ2v) is 4.00. The molecule has 0 aliphatic rings. The van der Waals surface area contributed by atoms with Crippen LogP contribution in [0.15, 0.2) is 4.63 Å². The fourth-order valence-corrected chi connectivity index (χ4v) is 1.52. The van der Waals surface area contributed by atoms with Gasteiger partial charge in [-0.05, 0) is 16.7 Å². The quantitative estimate of drug-likeness (QED) is 0.511. The zero-order valence-corrected chi connectivity index (χ0v) is 10.5. The molecule has 0 saturated carbocycles. The van der Waals surface area contributed by atoms with Gasteiger partial charge in [-0.25, -0.2) is 4.63 Å². The van der Waals surface area contributed by atoms with Crippen LogP contribution < -0.4 is 16.6 Å². The Bertz CT molecular complexity index is 568. The molecule has 0 aromatic carbocycles. The van der Waals surface area contributed by atoms with E-state index in [9.17, 15) is 4.79 Å². The van der Waals surface area contributed by atoms with Gasteiger partial charge in [-0.15, -0.1) is 0 Å². The number of hydrogen-bond acceptors (Lipinski definition) is 8. The number of nitrogens with zero attached hydrogens (tertiary/aromatic N) is 4. The maximum atomic E-state index is 11.5. The Hall–Kier alpha value is -2.45. The highest BCUT2D eigenvalue weighted by atomic mass is 16.6. The molecular formula is C10H15N7O2. The number of rotatable bonds is 6. The van der Waals surface area contributed by atoms with E-state index in [2.05, 4.69) is 42.7 Å². The topological polar surface area (TPSA) is 132 Å². The lowest BCUT2D eigenvalue weighted by Crippen LogP contribution is -2.29. The second-order valence-electron chi connectivity index (χ2n) is 4.00. The molecule has 0 atom stereocenters. The normalized spacial score (nSPS) is 10.6. The number of amides is 1. The number of unbranched alkanes of at least 4 members (excludes halogenated alkanes) is 2. The minimum absolute atomic E-state index is 0.0194. The molecule has 2 heterocycles. The van der Waals surface area contributed by atoms with Gasteiger partial charge in [-0.2, -0.15) is 9.97 Å². The first-order valence-corrected chi connectivity index (χ1v) is 6.01. The van der Waals surface area contributed by atoms with Crippen LogP contribution in [0.5, 0.6) is 0 Å². The molecule has 0 unspecified atom stereocenters. The van der Waals surface area contributed by atoms with Crippen molar-refractivity contribution in [3.63, 3.8) is 0 Å². The molecule has 0 aliphatic carbocycles. The van der Waals surface area contributed by atoms with Crippen LogP contribution in [0.4, 0.5) is 11.8 Å². The third kappa shape index (κ3) is 3.27. The first kappa shape index (κ1) is 13.0. The van der Waals surface area contributed by atoms with Crippen LogP contribution in [0.25, 0.3) is 11.2 Å². The Morgan fingerprint density at radius 3 is 2.95 bits per heavy atom. The van der Waals surface area contributed by atoms with E-state index >= 15 is 0 Å². The Morgan fingerprint density at radius 2 is 2.16 bits per heavy atom. The van der Waals surface area contributed by atoms with E-state index in [-0.39, 0.29) is 23.3 Å². The number of fused-ring (bicyclic) bond motifs is 1. The molecule has 0 radical (unpaired) electrons. The standard InChI is InChI=1S/C10H15N7O2/c1-2-3-4-5-6(18)14-15-8-7-9(17-19-16-7)13-10(11)12-8/h2-5H2,1H3,(H,14,18)(H3,11,12,13,15,17). The lowest BCUT2D eigenvalue weighted by Gasteiger charge is -2.07. The summed E-state index contributed by atoms with van der Waals surface area (Å²) in [6.07, 6.45) is 3.37. The van der Waals surface area contributed by atoms with Gasteiger partial charge < -0.3 is 5.73 Å². The fourth-order valence-electron chi connectivity index (χ4n) is 1.52. The molecule has 1 amide bonds. The molecule has 4 N–H and O–H groups in total. The van der Waals surface area contributed by atoms with Gasteiger partial charge in [0.15, 0.2) is 11.3 Å². The van der Waals surface area contributed by atoms with Gasteiger partial charge in [-0.1, -0.05) is 19.8 Å². The van der Waals surface area contributed by atoms with Crippen molar-refractivity contribution in [3.05, 3.63) is 0 Å². The van der Waals surface area contributed by atoms with Crippen molar-refractivity contribution in [2.45, 2.75) is 32.6 Å². The molecule has 0 saturated heterocycles. The molecule has 9 nitrogen and oxygen atoms in total. The van der Waals surface area contributed by atoms with Crippen LogP contribution in [0.3, 0.4) is 0 Å². The zero-order chi connectivity index (χ0) is 13.7. The van der Waals surface area contributed by atoms with E-state index in [1.165, 1.54) is 0 Å². The third-order valence-electron chi connectivity index (χ3n) is 2.47. The fraction of sp³-hybridized carbons (Fsp3) is 0.500. The summed E-state index contributed by atoms with van der Waals surface area (Å²) < 4.78 is 4.54. The van der Waals surface area contributed by atoms with Crippen molar-refractivity contribution in [3.8, 4) is 0 Å². The molecule has 0 aliphatic heterocycles. The van der Waals surface area contributed by atoms with Crippen molar-refractivity contribution in [1.29, 1.82) is 0 Å². The maximum absolute atomic E-state index is 11.5. The smallest absolute Gasteiger partial charge is 0.238 e. The molecule has 0 bridgehead atoms. The first-order chi connectivity index (χ1) is 9.20. The van der Waals surface area contributed by atoms with Crippen LogP contribution in [0.2, 0.25) is 0 Å². The number of nitrogen functional groups attached to an aromatic ring is 1. The van der Waals surface area contributed by atoms with Crippen LogP contribution >= 0.6 is 0 Å². The summed E-state index contributed by atoms with van der Waals surface area (Å²) in [5.41, 5.74) is 11.2. The van der Waals surface area contributed by atoms with Crippen LogP contribution in [-0.2, 0) is 4.79 Å². The highest BCUT2D eigenvalue weighted by molar-refractivity contribution is 5.84. The van der Waals surface area contributed by atoms with Crippen LogP contribution in [0.1, 0.15) is 32.6 Å². The predicted octanol–water partition coefficient (Wildman–Crippen LogP) is 0.618. The third-order valence-corrected chi connectivity index (χ3v) is 2.47. The second kappa shape index (κ2) is 5.94. The van der Waals surface area contributed by atoms with Crippen molar-refractivity contribution in [2.75, 3.05) is 11.2 Å². The number of hydrazine groups is 1. The summed E-state index contributed by atoms with van der Waals surface area (Å²) in [5.74, 6) is 0.147. The average molecular weight is 265 g/mol. The first-order valence-electron chi connectivity index (χ1n) is 6.01. The minimum Gasteiger partial charge on any atom is -0.368 e. The molecule has 0 fully saturated rings. The highest BCUT2D eigenvalue weighted by Crippen LogP contribution is 2.16. The number of nitrogens with one attached hydrogen (secondary N) is 2. The van der Waals surface area contributed by atoms with Crippen LogP contribution in [-0.4, -0.2) is 26.2 Å². The van der Waals surface area contributed by atoms with E-state index in [1.54, 1.807) is 0 Å². The Morgan fingerprint density at radius 1 is 1.32 bits per heavy atom. The monoisotopic (exact) mass is 265 g/mol. The summed E-state index contributed by atoms with van der Waals surface area (Å²) >= 11 is 0. The van der Waals surface area contributed by atoms with E-state index in [1.807, 2.05) is 0 Å². The van der Waals surface area contributed by atoms with Gasteiger partial charge in [0.2, 0.25) is 17.5 Å². The molecule has 0 spiro atoms. The minimum atomic E-state index is -0.129. The van der Waals surface area contributed by atoms with Gasteiger partial charge >= 0.3 is 0 Å². The number of anilines is 2. The zero-order valence-electron chi connectivity index (χ0n) is 10.5. The molecule has 9 heteroatoms. The van der Waals surface area contributed by atoms with Gasteiger partial charge in [0.25, 0.3) is 0 Å². The number of carbonyl (C=O) groups excluding carboxylic acids is 1. The summed E-state index contributed by atoms with van der Waals surface area (Å²) in [4.78, 5) is 19.3. The summed E-state index contributed by atoms with van der Waals surface area (Å²) in [6.45, 7) is 2.08. The SMILES string of the molecule is CCCCCC(=O)NNc1nc(N)nc2nonc12. The summed E-state index contributed by atoms with van der Waals surface area (Å²) in [6, 6.07) is 0. The van der Waals surface area contributed by atoms with Crippen molar-refractivity contribution in [1.82, 2.24) is 25.7 Å². The van der Waals surface area contributed by atoms with Crippen molar-refractivity contribution in [2.24, 2.45) is 0 Å². The van der Waals surface area contributed by atoms with E-state index in [4.69, 9.17) is 5.73 Å². The molecule has 2 aromatic rings. The van der Waals surface area contributed by atoms with Crippen LogP contribution in [0, 0.1) is 0 Å². The highest BCUT2D eigenvalue weighted by Gasteiger charge is 2.12. The maximum Gasteiger partial charge on any atom is 0.238 e. The van der Waals surface area contributed by atoms with Crippen molar-refractivity contribution >= 4 is 28.8 Å². The van der Waals surface area contributed by atoms with Gasteiger partial charge in [0.1, 0.15) is 0 Å². The lowest BCUT2D eigenvalue weighted by molar-refractivity contribution is -0.120. The van der Waals surface area contributed by atoms with Gasteiger partial charge in [0, 0.05) is 6.42 Å². The number of carbonyl (C=O) groups is 1. The molecular weight excluding hydrogens is 250 g/mol. The summed E-state index contributed by atoms with van der Waals surface area (Å²) in [7, 11) is 0. The summed E-state index contributed by atoms with van der Waals surface area (Å²) in [5, 5.41) is 7.19. The lowest BCUT2D eigenvalue weighted by atomic mass is 10.2. The number of hydrogen-bond donors (Lipinski definition) is 3. The molecule has 2 aromatic heterocycles. The van der Waals surface area contributed by atoms with Gasteiger partial charge in [0.05, 0.1) is 0 Å². The van der Waals surface area contributed by atoms with Crippen molar-refractivity contribution < 1.29 is 9.42 Å². The van der Waals surface area contributed by atoms with E-state index in [0.717, 1.165) is 19.3 Å². The molecule has 19 heavy (non-hydrogen) atoms. The number of aromatic nitrogens is 4. The average Bonchev–Trinajstić information content (AvgIpc) is 2.84. The number of nitrogens with two attached hydrogens (primary N) is 1. The Labute approximate surface area is 108 Å². The van der Waals surface area contributed by atoms with Gasteiger partial charge in [-0.3, -0.25) is 15.6 Å². The van der Waals surface area contributed by atoms with E-state index in [0.29, 0.717) is 11.9 Å². The largest absolute Gasteiger partial charge is 0.368 e.